The van der Waals surface area contributed by atoms with E-state index in [1.54, 1.807) is 30.1 Å². The lowest BCUT2D eigenvalue weighted by Crippen LogP contribution is -2.23. The summed E-state index contributed by atoms with van der Waals surface area (Å²) < 4.78 is 5.86. The molecule has 0 unspecified atom stereocenters. The quantitative estimate of drug-likeness (QED) is 0.718. The Balaban J connectivity index is 1.67. The van der Waals surface area contributed by atoms with Crippen LogP contribution >= 0.6 is 11.5 Å². The van der Waals surface area contributed by atoms with Crippen LogP contribution in [0.1, 0.15) is 25.7 Å². The minimum Gasteiger partial charge on any atom is -0.330 e. The van der Waals surface area contributed by atoms with Crippen LogP contribution in [0.5, 0.6) is 0 Å². The highest BCUT2D eigenvalue weighted by Gasteiger charge is 2.15. The number of rotatable bonds is 6. The molecule has 3 aromatic rings. The minimum absolute atomic E-state index is 0.125. The molecule has 0 spiro atoms. The van der Waals surface area contributed by atoms with E-state index in [4.69, 9.17) is 0 Å². The average Bonchev–Trinajstić information content (AvgIpc) is 3.26. The van der Waals surface area contributed by atoms with Crippen LogP contribution in [-0.4, -0.2) is 25.0 Å². The largest absolute Gasteiger partial charge is 0.330 e. The summed E-state index contributed by atoms with van der Waals surface area (Å²) in [6.07, 6.45) is 4.23. The van der Waals surface area contributed by atoms with E-state index in [1.807, 2.05) is 31.2 Å². The van der Waals surface area contributed by atoms with Crippen molar-refractivity contribution in [2.75, 3.05) is 10.6 Å². The lowest BCUT2D eigenvalue weighted by atomic mass is 10.2. The second-order valence-electron chi connectivity index (χ2n) is 5.23. The molecule has 0 saturated carbocycles. The Hall–Kier alpha value is -2.74. The number of carbonyl (C=O) groups is 1. The van der Waals surface area contributed by atoms with Gasteiger partial charge in [0.15, 0.2) is 0 Å². The Kier molecular flexibility index (Phi) is 4.85. The topological polar surface area (TPSA) is 84.7 Å². The van der Waals surface area contributed by atoms with Crippen molar-refractivity contribution in [3.8, 4) is 0 Å². The summed E-state index contributed by atoms with van der Waals surface area (Å²) in [7, 11) is 0. The van der Waals surface area contributed by atoms with Crippen LogP contribution in [0.3, 0.4) is 0 Å². The number of carbonyl (C=O) groups excluding carboxylic acids is 1. The molecule has 2 heterocycles. The Bertz CT molecular complexity index is 814. The molecule has 0 fully saturated rings. The molecule has 24 heavy (non-hydrogen) atoms. The van der Waals surface area contributed by atoms with Gasteiger partial charge in [-0.1, -0.05) is 13.0 Å². The van der Waals surface area contributed by atoms with Gasteiger partial charge in [0.2, 0.25) is 11.0 Å². The number of amides is 1. The van der Waals surface area contributed by atoms with E-state index in [0.29, 0.717) is 5.69 Å². The zero-order valence-electron chi connectivity index (χ0n) is 13.4. The zero-order valence-corrected chi connectivity index (χ0v) is 14.2. The van der Waals surface area contributed by atoms with Crippen molar-refractivity contribution in [1.29, 1.82) is 0 Å². The SMILES string of the molecule is CCc1nsc(Nc2cccc(NC(=O)[C@@H](C)n3cccn3)c2)n1. The van der Waals surface area contributed by atoms with Crippen molar-refractivity contribution >= 4 is 33.9 Å². The highest BCUT2D eigenvalue weighted by molar-refractivity contribution is 7.09. The number of aryl methyl sites for hydroxylation is 1. The van der Waals surface area contributed by atoms with E-state index in [1.165, 1.54) is 11.5 Å². The standard InChI is InChI=1S/C16H18N6OS/c1-3-14-20-16(24-21-14)19-13-7-4-6-12(10-13)18-15(23)11(2)22-9-5-8-17-22/h4-11H,3H2,1-2H3,(H,18,23)(H,19,20,21)/t11-/m1/s1. The number of aromatic nitrogens is 4. The van der Waals surface area contributed by atoms with E-state index >= 15 is 0 Å². The van der Waals surface area contributed by atoms with Crippen LogP contribution in [0.25, 0.3) is 0 Å². The molecule has 8 heteroatoms. The zero-order chi connectivity index (χ0) is 16.9. The van der Waals surface area contributed by atoms with E-state index in [0.717, 1.165) is 23.1 Å². The van der Waals surface area contributed by atoms with Crippen molar-refractivity contribution in [3.05, 3.63) is 48.5 Å². The molecule has 1 atom stereocenters. The van der Waals surface area contributed by atoms with Crippen molar-refractivity contribution < 1.29 is 4.79 Å². The van der Waals surface area contributed by atoms with Gasteiger partial charge in [-0.25, -0.2) is 4.98 Å². The maximum Gasteiger partial charge on any atom is 0.248 e. The van der Waals surface area contributed by atoms with Gasteiger partial charge < -0.3 is 10.6 Å². The fourth-order valence-electron chi connectivity index (χ4n) is 2.12. The van der Waals surface area contributed by atoms with Crippen LogP contribution in [0.15, 0.2) is 42.7 Å². The van der Waals surface area contributed by atoms with Crippen molar-refractivity contribution in [2.45, 2.75) is 26.3 Å². The summed E-state index contributed by atoms with van der Waals surface area (Å²) in [5.74, 6) is 0.694. The van der Waals surface area contributed by atoms with Gasteiger partial charge >= 0.3 is 0 Å². The van der Waals surface area contributed by atoms with Gasteiger partial charge in [0.05, 0.1) is 0 Å². The number of hydrogen-bond acceptors (Lipinski definition) is 6. The van der Waals surface area contributed by atoms with Gasteiger partial charge in [0, 0.05) is 41.7 Å². The number of nitrogens with zero attached hydrogens (tertiary/aromatic N) is 4. The molecule has 124 valence electrons. The Morgan fingerprint density at radius 3 is 2.88 bits per heavy atom. The normalized spacial score (nSPS) is 11.9. The van der Waals surface area contributed by atoms with E-state index in [-0.39, 0.29) is 11.9 Å². The summed E-state index contributed by atoms with van der Waals surface area (Å²) >= 11 is 1.32. The number of nitrogens with one attached hydrogen (secondary N) is 2. The lowest BCUT2D eigenvalue weighted by molar-refractivity contribution is -0.119. The molecule has 1 aromatic carbocycles. The van der Waals surface area contributed by atoms with E-state index < -0.39 is 0 Å². The Morgan fingerprint density at radius 1 is 1.33 bits per heavy atom. The van der Waals surface area contributed by atoms with Crippen LogP contribution in [0.2, 0.25) is 0 Å². The lowest BCUT2D eigenvalue weighted by Gasteiger charge is -2.13. The third-order valence-electron chi connectivity index (χ3n) is 3.47. The first-order valence-corrected chi connectivity index (χ1v) is 8.42. The second-order valence-corrected chi connectivity index (χ2v) is 5.98. The molecule has 2 N–H and O–H groups in total. The predicted octanol–water partition coefficient (Wildman–Crippen LogP) is 3.24. The van der Waals surface area contributed by atoms with Crippen LogP contribution in [-0.2, 0) is 11.2 Å². The smallest absolute Gasteiger partial charge is 0.248 e. The molecule has 1 amide bonds. The average molecular weight is 342 g/mol. The second kappa shape index (κ2) is 7.22. The van der Waals surface area contributed by atoms with Gasteiger partial charge in [-0.2, -0.15) is 9.47 Å². The third-order valence-corrected chi connectivity index (χ3v) is 4.14. The maximum atomic E-state index is 12.3. The fourth-order valence-corrected chi connectivity index (χ4v) is 2.79. The molecule has 0 aliphatic heterocycles. The first-order chi connectivity index (χ1) is 11.7. The van der Waals surface area contributed by atoms with Gasteiger partial charge in [0.25, 0.3) is 0 Å². The number of benzene rings is 1. The van der Waals surface area contributed by atoms with Crippen molar-refractivity contribution in [3.63, 3.8) is 0 Å². The molecule has 2 aromatic heterocycles. The number of anilines is 3. The summed E-state index contributed by atoms with van der Waals surface area (Å²) in [5.41, 5.74) is 1.56. The van der Waals surface area contributed by atoms with Crippen LogP contribution < -0.4 is 10.6 Å². The molecule has 3 rings (SSSR count). The summed E-state index contributed by atoms with van der Waals surface area (Å²) in [5, 5.41) is 10.9. The monoisotopic (exact) mass is 342 g/mol. The predicted molar refractivity (Wildman–Crippen MR) is 94.6 cm³/mol. The molecule has 0 saturated heterocycles. The van der Waals surface area contributed by atoms with Gasteiger partial charge in [0.1, 0.15) is 11.9 Å². The minimum atomic E-state index is -0.383. The maximum absolute atomic E-state index is 12.3. The van der Waals surface area contributed by atoms with E-state index in [2.05, 4.69) is 25.1 Å². The van der Waals surface area contributed by atoms with Crippen LogP contribution in [0, 0.1) is 0 Å². The van der Waals surface area contributed by atoms with Gasteiger partial charge in [-0.15, -0.1) is 0 Å². The van der Waals surface area contributed by atoms with Gasteiger partial charge in [-0.05, 0) is 31.2 Å². The Labute approximate surface area is 143 Å². The van der Waals surface area contributed by atoms with E-state index in [9.17, 15) is 4.79 Å². The third kappa shape index (κ3) is 3.77. The summed E-state index contributed by atoms with van der Waals surface area (Å²) in [6, 6.07) is 8.91. The molecule has 0 radical (unpaired) electrons. The summed E-state index contributed by atoms with van der Waals surface area (Å²) in [6.45, 7) is 3.82. The molecular formula is C16H18N6OS. The Morgan fingerprint density at radius 2 is 2.17 bits per heavy atom. The first kappa shape index (κ1) is 16.1. The highest BCUT2D eigenvalue weighted by atomic mass is 32.1. The molecule has 0 aliphatic carbocycles. The molecule has 0 bridgehead atoms. The fraction of sp³-hybridized carbons (Fsp3) is 0.250. The number of hydrogen-bond donors (Lipinski definition) is 2. The summed E-state index contributed by atoms with van der Waals surface area (Å²) in [4.78, 5) is 16.7. The van der Waals surface area contributed by atoms with Crippen molar-refractivity contribution in [2.24, 2.45) is 0 Å². The molecule has 0 aliphatic rings. The highest BCUT2D eigenvalue weighted by Crippen LogP contribution is 2.22. The molecular weight excluding hydrogens is 324 g/mol. The van der Waals surface area contributed by atoms with Crippen LogP contribution in [0.4, 0.5) is 16.5 Å². The van der Waals surface area contributed by atoms with Crippen molar-refractivity contribution in [1.82, 2.24) is 19.1 Å². The molecule has 7 nitrogen and oxygen atoms in total. The first-order valence-electron chi connectivity index (χ1n) is 7.65. The van der Waals surface area contributed by atoms with Gasteiger partial charge in [-0.3, -0.25) is 9.48 Å².